The van der Waals surface area contributed by atoms with Gasteiger partial charge in [0.2, 0.25) is 0 Å². The average molecular weight is 309 g/mol. The molecule has 2 amide bonds. The maximum absolute atomic E-state index is 12.5. The summed E-state index contributed by atoms with van der Waals surface area (Å²) in [4.78, 5) is 30.3. The zero-order valence-electron chi connectivity index (χ0n) is 13.0. The van der Waals surface area contributed by atoms with E-state index >= 15 is 0 Å². The number of rotatable bonds is 5. The molecule has 1 saturated carbocycles. The van der Waals surface area contributed by atoms with E-state index in [1.807, 2.05) is 30.3 Å². The summed E-state index contributed by atoms with van der Waals surface area (Å²) in [5.41, 5.74) is 1.82. The van der Waals surface area contributed by atoms with Crippen molar-refractivity contribution in [1.82, 2.24) is 15.2 Å². The maximum atomic E-state index is 12.5. The van der Waals surface area contributed by atoms with Crippen LogP contribution in [0.15, 0.2) is 48.7 Å². The molecule has 5 nitrogen and oxygen atoms in total. The van der Waals surface area contributed by atoms with Crippen molar-refractivity contribution in [2.75, 3.05) is 7.05 Å². The van der Waals surface area contributed by atoms with Gasteiger partial charge in [-0.1, -0.05) is 30.3 Å². The van der Waals surface area contributed by atoms with Crippen molar-refractivity contribution in [1.29, 1.82) is 0 Å². The molecule has 1 aliphatic carbocycles. The van der Waals surface area contributed by atoms with Crippen LogP contribution in [0.3, 0.4) is 0 Å². The highest BCUT2D eigenvalue weighted by molar-refractivity contribution is 5.98. The Balaban J connectivity index is 1.69. The van der Waals surface area contributed by atoms with Crippen molar-refractivity contribution >= 4 is 11.8 Å². The number of amides is 2. The molecule has 1 aromatic heterocycles. The van der Waals surface area contributed by atoms with Gasteiger partial charge in [-0.3, -0.25) is 14.6 Å². The summed E-state index contributed by atoms with van der Waals surface area (Å²) in [7, 11) is 1.75. The number of hydrogen-bond acceptors (Lipinski definition) is 3. The van der Waals surface area contributed by atoms with Crippen molar-refractivity contribution in [2.45, 2.75) is 25.4 Å². The molecule has 23 heavy (non-hydrogen) atoms. The van der Waals surface area contributed by atoms with Crippen LogP contribution in [0.25, 0.3) is 0 Å². The predicted octanol–water partition coefficient (Wildman–Crippen LogP) is 2.25. The van der Waals surface area contributed by atoms with E-state index in [1.54, 1.807) is 24.1 Å². The van der Waals surface area contributed by atoms with Crippen molar-refractivity contribution in [2.24, 2.45) is 0 Å². The van der Waals surface area contributed by atoms with E-state index in [1.165, 1.54) is 6.20 Å². The second-order valence-corrected chi connectivity index (χ2v) is 5.82. The maximum Gasteiger partial charge on any atom is 0.270 e. The molecule has 5 heteroatoms. The van der Waals surface area contributed by atoms with E-state index in [9.17, 15) is 9.59 Å². The van der Waals surface area contributed by atoms with Crippen molar-refractivity contribution in [3.05, 3.63) is 65.5 Å². The number of hydrogen-bond donors (Lipinski definition) is 1. The third-order valence-electron chi connectivity index (χ3n) is 3.76. The van der Waals surface area contributed by atoms with Gasteiger partial charge >= 0.3 is 0 Å². The lowest BCUT2D eigenvalue weighted by molar-refractivity contribution is 0.0785. The SMILES string of the molecule is CN(Cc1ccccc1)C(=O)c1ccnc(C(=O)NC2CC2)c1. The van der Waals surface area contributed by atoms with Crippen LogP contribution < -0.4 is 5.32 Å². The topological polar surface area (TPSA) is 62.3 Å². The molecule has 0 unspecified atom stereocenters. The number of nitrogens with one attached hydrogen (secondary N) is 1. The van der Waals surface area contributed by atoms with Crippen LogP contribution in [0.1, 0.15) is 39.3 Å². The van der Waals surface area contributed by atoms with Gasteiger partial charge in [0.1, 0.15) is 5.69 Å². The third kappa shape index (κ3) is 3.94. The Hall–Kier alpha value is -2.69. The lowest BCUT2D eigenvalue weighted by Gasteiger charge is -2.17. The molecule has 1 aromatic carbocycles. The molecular weight excluding hydrogens is 290 g/mol. The Bertz CT molecular complexity index is 711. The van der Waals surface area contributed by atoms with Crippen LogP contribution >= 0.6 is 0 Å². The molecule has 0 saturated heterocycles. The van der Waals surface area contributed by atoms with Crippen LogP contribution in [0, 0.1) is 0 Å². The van der Waals surface area contributed by atoms with Crippen LogP contribution in [0.5, 0.6) is 0 Å². The molecule has 0 spiro atoms. The highest BCUT2D eigenvalue weighted by Crippen LogP contribution is 2.19. The van der Waals surface area contributed by atoms with Gasteiger partial charge in [-0.2, -0.15) is 0 Å². The molecule has 1 aliphatic rings. The van der Waals surface area contributed by atoms with Crippen molar-refractivity contribution in [3.8, 4) is 0 Å². The van der Waals surface area contributed by atoms with Crippen LogP contribution in [0.4, 0.5) is 0 Å². The average Bonchev–Trinajstić information content (AvgIpc) is 3.39. The number of carbonyl (C=O) groups excluding carboxylic acids is 2. The zero-order chi connectivity index (χ0) is 16.2. The van der Waals surface area contributed by atoms with E-state index in [-0.39, 0.29) is 23.6 Å². The van der Waals surface area contributed by atoms with Crippen molar-refractivity contribution in [3.63, 3.8) is 0 Å². The molecular formula is C18H19N3O2. The zero-order valence-corrected chi connectivity index (χ0v) is 13.0. The van der Waals surface area contributed by atoms with Gasteiger partial charge in [0.25, 0.3) is 11.8 Å². The minimum Gasteiger partial charge on any atom is -0.348 e. The Labute approximate surface area is 135 Å². The fourth-order valence-electron chi connectivity index (χ4n) is 2.32. The van der Waals surface area contributed by atoms with Gasteiger partial charge in [0, 0.05) is 31.4 Å². The lowest BCUT2D eigenvalue weighted by Crippen LogP contribution is -2.28. The number of benzene rings is 1. The predicted molar refractivity (Wildman–Crippen MR) is 87.0 cm³/mol. The minimum absolute atomic E-state index is 0.128. The first-order valence-electron chi connectivity index (χ1n) is 7.70. The van der Waals surface area contributed by atoms with Gasteiger partial charge in [0.05, 0.1) is 0 Å². The summed E-state index contributed by atoms with van der Waals surface area (Å²) >= 11 is 0. The summed E-state index contributed by atoms with van der Waals surface area (Å²) in [5, 5.41) is 2.88. The molecule has 118 valence electrons. The first kappa shape index (κ1) is 15.2. The van der Waals surface area contributed by atoms with Crippen LogP contribution in [-0.2, 0) is 6.54 Å². The summed E-state index contributed by atoms with van der Waals surface area (Å²) < 4.78 is 0. The Morgan fingerprint density at radius 2 is 1.96 bits per heavy atom. The quantitative estimate of drug-likeness (QED) is 0.921. The van der Waals surface area contributed by atoms with Gasteiger partial charge < -0.3 is 10.2 Å². The molecule has 1 N–H and O–H groups in total. The number of carbonyl (C=O) groups is 2. The molecule has 2 aromatic rings. The van der Waals surface area contributed by atoms with Gasteiger partial charge in [-0.25, -0.2) is 0 Å². The summed E-state index contributed by atoms with van der Waals surface area (Å²) in [5.74, 6) is -0.343. The summed E-state index contributed by atoms with van der Waals surface area (Å²) in [6.45, 7) is 0.519. The Morgan fingerprint density at radius 3 is 2.65 bits per heavy atom. The van der Waals surface area contributed by atoms with Crippen LogP contribution in [-0.4, -0.2) is 34.8 Å². The molecule has 1 heterocycles. The molecule has 0 radical (unpaired) electrons. The highest BCUT2D eigenvalue weighted by atomic mass is 16.2. The van der Waals surface area contributed by atoms with E-state index < -0.39 is 0 Å². The normalized spacial score (nSPS) is 13.4. The van der Waals surface area contributed by atoms with E-state index in [0.29, 0.717) is 12.1 Å². The van der Waals surface area contributed by atoms with E-state index in [2.05, 4.69) is 10.3 Å². The number of aromatic nitrogens is 1. The largest absolute Gasteiger partial charge is 0.348 e. The summed E-state index contributed by atoms with van der Waals surface area (Å²) in [6, 6.07) is 13.2. The van der Waals surface area contributed by atoms with E-state index in [4.69, 9.17) is 0 Å². The molecule has 0 aliphatic heterocycles. The molecule has 0 bridgehead atoms. The highest BCUT2D eigenvalue weighted by Gasteiger charge is 2.24. The first-order valence-corrected chi connectivity index (χ1v) is 7.70. The second kappa shape index (κ2) is 6.60. The van der Waals surface area contributed by atoms with E-state index in [0.717, 1.165) is 18.4 Å². The monoisotopic (exact) mass is 309 g/mol. The third-order valence-corrected chi connectivity index (χ3v) is 3.76. The molecule has 0 atom stereocenters. The molecule has 3 rings (SSSR count). The number of nitrogens with zero attached hydrogens (tertiary/aromatic N) is 2. The van der Waals surface area contributed by atoms with Gasteiger partial charge in [-0.15, -0.1) is 0 Å². The fourth-order valence-corrected chi connectivity index (χ4v) is 2.32. The Kier molecular flexibility index (Phi) is 4.37. The smallest absolute Gasteiger partial charge is 0.270 e. The van der Waals surface area contributed by atoms with Crippen LogP contribution in [0.2, 0.25) is 0 Å². The minimum atomic E-state index is -0.215. The first-order chi connectivity index (χ1) is 11.1. The van der Waals surface area contributed by atoms with Crippen molar-refractivity contribution < 1.29 is 9.59 Å². The fraction of sp³-hybridized carbons (Fsp3) is 0.278. The van der Waals surface area contributed by atoms with Gasteiger partial charge in [-0.05, 0) is 30.5 Å². The summed E-state index contributed by atoms with van der Waals surface area (Å²) in [6.07, 6.45) is 3.54. The Morgan fingerprint density at radius 1 is 1.22 bits per heavy atom. The van der Waals surface area contributed by atoms with Gasteiger partial charge in [0.15, 0.2) is 0 Å². The number of pyridine rings is 1. The standard InChI is InChI=1S/C18H19N3O2/c1-21(12-13-5-3-2-4-6-13)18(23)14-9-10-19-16(11-14)17(22)20-15-7-8-15/h2-6,9-11,15H,7-8,12H2,1H3,(H,20,22). The molecule has 1 fully saturated rings. The lowest BCUT2D eigenvalue weighted by atomic mass is 10.1. The second-order valence-electron chi connectivity index (χ2n) is 5.82.